The highest BCUT2D eigenvalue weighted by Gasteiger charge is 2.36. The lowest BCUT2D eigenvalue weighted by molar-refractivity contribution is 0.0331. The molecule has 0 aliphatic heterocycles. The van der Waals surface area contributed by atoms with E-state index in [-0.39, 0.29) is 6.10 Å². The molecule has 1 aromatic carbocycles. The van der Waals surface area contributed by atoms with Crippen LogP contribution in [0.5, 0.6) is 5.75 Å². The van der Waals surface area contributed by atoms with Crippen molar-refractivity contribution in [3.63, 3.8) is 0 Å². The average molecular weight is 261 g/mol. The van der Waals surface area contributed by atoms with Gasteiger partial charge in [0.05, 0.1) is 0 Å². The Balaban J connectivity index is 2.06. The summed E-state index contributed by atoms with van der Waals surface area (Å²) in [5.74, 6) is 2.20. The van der Waals surface area contributed by atoms with Gasteiger partial charge in [-0.3, -0.25) is 0 Å². The van der Waals surface area contributed by atoms with E-state index in [9.17, 15) is 0 Å². The van der Waals surface area contributed by atoms with Gasteiger partial charge in [-0.15, -0.1) is 0 Å². The molecule has 1 aromatic rings. The lowest BCUT2D eigenvalue weighted by Crippen LogP contribution is -2.41. The van der Waals surface area contributed by atoms with E-state index < -0.39 is 0 Å². The molecule has 2 rings (SSSR count). The zero-order chi connectivity index (χ0) is 13.9. The summed E-state index contributed by atoms with van der Waals surface area (Å²) in [6.07, 6.45) is 3.86. The third-order valence-electron chi connectivity index (χ3n) is 4.49. The van der Waals surface area contributed by atoms with Crippen molar-refractivity contribution in [1.82, 2.24) is 0 Å². The van der Waals surface area contributed by atoms with Crippen molar-refractivity contribution in [1.29, 1.82) is 0 Å². The zero-order valence-corrected chi connectivity index (χ0v) is 12.4. The Bertz CT molecular complexity index is 382. The summed E-state index contributed by atoms with van der Waals surface area (Å²) >= 11 is 0. The maximum absolute atomic E-state index is 6.20. The Morgan fingerprint density at radius 3 is 2.42 bits per heavy atom. The smallest absolute Gasteiger partial charge is 0.119 e. The molecule has 3 atom stereocenters. The van der Waals surface area contributed by atoms with E-state index in [1.807, 2.05) is 30.3 Å². The summed E-state index contributed by atoms with van der Waals surface area (Å²) in [6, 6.07) is 10.1. The topological polar surface area (TPSA) is 35.2 Å². The maximum Gasteiger partial charge on any atom is 0.119 e. The van der Waals surface area contributed by atoms with Crippen LogP contribution in [-0.2, 0) is 0 Å². The molecule has 0 saturated heterocycles. The minimum Gasteiger partial charge on any atom is -0.490 e. The first-order valence-electron chi connectivity index (χ1n) is 7.42. The van der Waals surface area contributed by atoms with E-state index >= 15 is 0 Å². The first kappa shape index (κ1) is 14.4. The fourth-order valence-electron chi connectivity index (χ4n) is 3.07. The minimum absolute atomic E-state index is 0.269. The molecule has 2 N–H and O–H groups in total. The SMILES string of the molecule is CC(C)(C)C1CCC(CN)C(Oc2ccccc2)C1. The molecule has 0 amide bonds. The van der Waals surface area contributed by atoms with Crippen LogP contribution in [0, 0.1) is 17.3 Å². The summed E-state index contributed by atoms with van der Waals surface area (Å²) in [6.45, 7) is 7.73. The van der Waals surface area contributed by atoms with Gasteiger partial charge in [-0.2, -0.15) is 0 Å². The van der Waals surface area contributed by atoms with Crippen LogP contribution in [-0.4, -0.2) is 12.6 Å². The summed E-state index contributed by atoms with van der Waals surface area (Å²) in [4.78, 5) is 0. The summed E-state index contributed by atoms with van der Waals surface area (Å²) in [7, 11) is 0. The molecule has 106 valence electrons. The lowest BCUT2D eigenvalue weighted by Gasteiger charge is -2.41. The number of nitrogens with two attached hydrogens (primary N) is 1. The Hall–Kier alpha value is -1.02. The normalized spacial score (nSPS) is 28.1. The van der Waals surface area contributed by atoms with Gasteiger partial charge in [-0.25, -0.2) is 0 Å². The van der Waals surface area contributed by atoms with Gasteiger partial charge in [0.15, 0.2) is 0 Å². The first-order chi connectivity index (χ1) is 9.00. The monoisotopic (exact) mass is 261 g/mol. The Kier molecular flexibility index (Phi) is 4.51. The van der Waals surface area contributed by atoms with E-state index in [4.69, 9.17) is 10.5 Å². The Morgan fingerprint density at radius 2 is 1.84 bits per heavy atom. The van der Waals surface area contributed by atoms with Crippen LogP contribution in [0.3, 0.4) is 0 Å². The number of rotatable bonds is 3. The van der Waals surface area contributed by atoms with E-state index in [2.05, 4.69) is 20.8 Å². The second-order valence-corrected chi connectivity index (χ2v) is 6.84. The fourth-order valence-corrected chi connectivity index (χ4v) is 3.07. The molecule has 2 heteroatoms. The zero-order valence-electron chi connectivity index (χ0n) is 12.4. The molecular weight excluding hydrogens is 234 g/mol. The standard InChI is InChI=1S/C17H27NO/c1-17(2,3)14-10-9-13(12-18)16(11-14)19-15-7-5-4-6-8-15/h4-8,13-14,16H,9-12,18H2,1-3H3. The van der Waals surface area contributed by atoms with Gasteiger partial charge in [0.25, 0.3) is 0 Å². The van der Waals surface area contributed by atoms with Crippen LogP contribution >= 0.6 is 0 Å². The van der Waals surface area contributed by atoms with Gasteiger partial charge in [0.2, 0.25) is 0 Å². The van der Waals surface area contributed by atoms with Crippen LogP contribution in [0.1, 0.15) is 40.0 Å². The molecule has 3 unspecified atom stereocenters. The second-order valence-electron chi connectivity index (χ2n) is 6.84. The molecule has 1 aliphatic rings. The maximum atomic E-state index is 6.20. The predicted molar refractivity (Wildman–Crippen MR) is 80.2 cm³/mol. The molecule has 0 heterocycles. The van der Waals surface area contributed by atoms with Crippen LogP contribution in [0.2, 0.25) is 0 Å². The molecule has 0 aromatic heterocycles. The minimum atomic E-state index is 0.269. The lowest BCUT2D eigenvalue weighted by atomic mass is 9.68. The number of hydrogen-bond acceptors (Lipinski definition) is 2. The summed E-state index contributed by atoms with van der Waals surface area (Å²) in [5, 5.41) is 0. The summed E-state index contributed by atoms with van der Waals surface area (Å²) < 4.78 is 6.20. The van der Waals surface area contributed by atoms with Crippen LogP contribution in [0.4, 0.5) is 0 Å². The van der Waals surface area contributed by atoms with Gasteiger partial charge in [-0.1, -0.05) is 39.0 Å². The predicted octanol–water partition coefficient (Wildman–Crippen LogP) is 3.86. The van der Waals surface area contributed by atoms with Crippen molar-refractivity contribution in [2.45, 2.75) is 46.1 Å². The van der Waals surface area contributed by atoms with Gasteiger partial charge in [0, 0.05) is 5.92 Å². The van der Waals surface area contributed by atoms with Crippen molar-refractivity contribution >= 4 is 0 Å². The molecule has 1 saturated carbocycles. The highest BCUT2D eigenvalue weighted by atomic mass is 16.5. The highest BCUT2D eigenvalue weighted by molar-refractivity contribution is 5.21. The number of ether oxygens (including phenoxy) is 1. The molecule has 0 bridgehead atoms. The van der Waals surface area contributed by atoms with Crippen LogP contribution < -0.4 is 10.5 Å². The van der Waals surface area contributed by atoms with Gasteiger partial charge in [0.1, 0.15) is 11.9 Å². The van der Waals surface area contributed by atoms with Gasteiger partial charge in [-0.05, 0) is 49.3 Å². The van der Waals surface area contributed by atoms with Crippen molar-refractivity contribution in [3.8, 4) is 5.75 Å². The Labute approximate surface area is 117 Å². The quantitative estimate of drug-likeness (QED) is 0.897. The highest BCUT2D eigenvalue weighted by Crippen LogP contribution is 2.40. The van der Waals surface area contributed by atoms with Crippen molar-refractivity contribution < 1.29 is 4.74 Å². The van der Waals surface area contributed by atoms with Crippen LogP contribution in [0.25, 0.3) is 0 Å². The van der Waals surface area contributed by atoms with E-state index in [0.29, 0.717) is 11.3 Å². The van der Waals surface area contributed by atoms with E-state index in [0.717, 1.165) is 24.6 Å². The molecule has 0 spiro atoms. The largest absolute Gasteiger partial charge is 0.490 e. The molecule has 19 heavy (non-hydrogen) atoms. The first-order valence-corrected chi connectivity index (χ1v) is 7.42. The fraction of sp³-hybridized carbons (Fsp3) is 0.647. The molecule has 0 radical (unpaired) electrons. The van der Waals surface area contributed by atoms with Crippen molar-refractivity contribution in [2.24, 2.45) is 23.0 Å². The average Bonchev–Trinajstić information content (AvgIpc) is 2.39. The molecule has 1 fully saturated rings. The number of hydrogen-bond donors (Lipinski definition) is 1. The molecule has 1 aliphatic carbocycles. The van der Waals surface area contributed by atoms with Crippen molar-refractivity contribution in [3.05, 3.63) is 30.3 Å². The third-order valence-corrected chi connectivity index (χ3v) is 4.49. The van der Waals surface area contributed by atoms with Gasteiger partial charge >= 0.3 is 0 Å². The van der Waals surface area contributed by atoms with Gasteiger partial charge < -0.3 is 10.5 Å². The van der Waals surface area contributed by atoms with E-state index in [1.54, 1.807) is 0 Å². The second kappa shape index (κ2) is 5.96. The Morgan fingerprint density at radius 1 is 1.16 bits per heavy atom. The summed E-state index contributed by atoms with van der Waals surface area (Å²) in [5.41, 5.74) is 6.28. The molecular formula is C17H27NO. The third kappa shape index (κ3) is 3.73. The number of benzene rings is 1. The molecule has 2 nitrogen and oxygen atoms in total. The van der Waals surface area contributed by atoms with Crippen molar-refractivity contribution in [2.75, 3.05) is 6.54 Å². The van der Waals surface area contributed by atoms with E-state index in [1.165, 1.54) is 12.8 Å². The van der Waals surface area contributed by atoms with Crippen LogP contribution in [0.15, 0.2) is 30.3 Å². The number of para-hydroxylation sites is 1.